The predicted octanol–water partition coefficient (Wildman–Crippen LogP) is 0.512. The number of imide groups is 1. The molecule has 1 rings (SSSR count). The van der Waals surface area contributed by atoms with Gasteiger partial charge in [-0.25, -0.2) is 0 Å². The van der Waals surface area contributed by atoms with Crippen molar-refractivity contribution in [2.75, 3.05) is 46.2 Å². The third-order valence-electron chi connectivity index (χ3n) is 3.97. The van der Waals surface area contributed by atoms with Crippen LogP contribution >= 0.6 is 0 Å². The highest BCUT2D eigenvalue weighted by Gasteiger charge is 2.22. The minimum absolute atomic E-state index is 0.00863. The molecule has 26 heavy (non-hydrogen) atoms. The number of amides is 3. The molecule has 3 amide bonds. The number of rotatable bonds is 14. The minimum Gasteiger partial charge on any atom is -0.379 e. The van der Waals surface area contributed by atoms with E-state index in [0.29, 0.717) is 45.4 Å². The number of carbonyl (C=O) groups is 3. The molecule has 1 N–H and O–H groups in total. The lowest BCUT2D eigenvalue weighted by atomic mass is 10.1. The second kappa shape index (κ2) is 12.6. The molecule has 0 unspecified atom stereocenters. The van der Waals surface area contributed by atoms with Gasteiger partial charge in [0.1, 0.15) is 0 Å². The Morgan fingerprint density at radius 2 is 1.42 bits per heavy atom. The molecule has 1 heterocycles. The number of carbonyl (C=O) groups excluding carboxylic acids is 3. The quantitative estimate of drug-likeness (QED) is 0.354. The van der Waals surface area contributed by atoms with Crippen LogP contribution in [0.1, 0.15) is 27.2 Å². The molecule has 0 aromatic carbocycles. The molecular formula is C18H30N2O6. The number of hydrogen-bond acceptors (Lipinski definition) is 6. The average molecular weight is 370 g/mol. The molecule has 0 bridgehead atoms. The third-order valence-corrected chi connectivity index (χ3v) is 3.97. The molecule has 0 aromatic rings. The van der Waals surface area contributed by atoms with Gasteiger partial charge in [-0.1, -0.05) is 13.8 Å². The lowest BCUT2D eigenvalue weighted by Gasteiger charge is -2.17. The second-order valence-electron chi connectivity index (χ2n) is 6.35. The molecule has 8 nitrogen and oxygen atoms in total. The first-order valence-electron chi connectivity index (χ1n) is 8.98. The molecule has 0 saturated heterocycles. The largest absolute Gasteiger partial charge is 0.379 e. The van der Waals surface area contributed by atoms with Gasteiger partial charge in [0, 0.05) is 24.6 Å². The van der Waals surface area contributed by atoms with E-state index in [0.717, 1.165) is 4.90 Å². The lowest BCUT2D eigenvalue weighted by Crippen LogP contribution is -2.36. The molecule has 0 fully saturated rings. The van der Waals surface area contributed by atoms with Crippen molar-refractivity contribution in [1.82, 2.24) is 10.2 Å². The van der Waals surface area contributed by atoms with Crippen LogP contribution in [0.15, 0.2) is 12.2 Å². The lowest BCUT2D eigenvalue weighted by molar-refractivity contribution is -0.137. The second-order valence-corrected chi connectivity index (χ2v) is 6.35. The summed E-state index contributed by atoms with van der Waals surface area (Å²) in [6.45, 7) is 8.59. The van der Waals surface area contributed by atoms with Gasteiger partial charge in [0.2, 0.25) is 5.91 Å². The molecule has 148 valence electrons. The number of nitrogens with one attached hydrogen (secondary N) is 1. The van der Waals surface area contributed by atoms with Crippen molar-refractivity contribution in [3.63, 3.8) is 0 Å². The van der Waals surface area contributed by atoms with Crippen LogP contribution in [0.25, 0.3) is 0 Å². The Balaban J connectivity index is 1.86. The van der Waals surface area contributed by atoms with E-state index in [1.807, 2.05) is 6.92 Å². The highest BCUT2D eigenvalue weighted by molar-refractivity contribution is 6.12. The zero-order valence-corrected chi connectivity index (χ0v) is 15.9. The molecule has 1 aliphatic rings. The summed E-state index contributed by atoms with van der Waals surface area (Å²) in [6, 6.07) is 0.156. The third kappa shape index (κ3) is 9.07. The number of nitrogens with zero attached hydrogens (tertiary/aromatic N) is 1. The van der Waals surface area contributed by atoms with Crippen LogP contribution < -0.4 is 5.32 Å². The Morgan fingerprint density at radius 1 is 0.923 bits per heavy atom. The summed E-state index contributed by atoms with van der Waals surface area (Å²) in [5, 5.41) is 2.92. The van der Waals surface area contributed by atoms with E-state index < -0.39 is 0 Å². The summed E-state index contributed by atoms with van der Waals surface area (Å²) >= 11 is 0. The molecular weight excluding hydrogens is 340 g/mol. The van der Waals surface area contributed by atoms with Gasteiger partial charge < -0.3 is 19.5 Å². The smallest absolute Gasteiger partial charge is 0.253 e. The summed E-state index contributed by atoms with van der Waals surface area (Å²) in [4.78, 5) is 35.4. The van der Waals surface area contributed by atoms with Gasteiger partial charge in [-0.2, -0.15) is 0 Å². The van der Waals surface area contributed by atoms with Crippen LogP contribution in [0, 0.1) is 5.92 Å². The monoisotopic (exact) mass is 370 g/mol. The first-order valence-corrected chi connectivity index (χ1v) is 8.98. The van der Waals surface area contributed by atoms with Crippen LogP contribution in [-0.4, -0.2) is 74.8 Å². The minimum atomic E-state index is -0.306. The summed E-state index contributed by atoms with van der Waals surface area (Å²) < 4.78 is 16.0. The van der Waals surface area contributed by atoms with Gasteiger partial charge >= 0.3 is 0 Å². The van der Waals surface area contributed by atoms with Crippen molar-refractivity contribution in [2.24, 2.45) is 5.92 Å². The Hall–Kier alpha value is -1.77. The van der Waals surface area contributed by atoms with Gasteiger partial charge in [-0.05, 0) is 12.8 Å². The molecule has 0 radical (unpaired) electrons. The normalized spacial score (nSPS) is 15.2. The molecule has 0 aromatic heterocycles. The van der Waals surface area contributed by atoms with E-state index in [2.05, 4.69) is 19.2 Å². The Morgan fingerprint density at radius 3 is 1.96 bits per heavy atom. The molecule has 0 spiro atoms. The SMILES string of the molecule is CC(C)[C@H](C)NC(=O)CCOCCOCCOCCN1C(=O)C=CC1=O. The van der Waals surface area contributed by atoms with Crippen LogP contribution in [0.4, 0.5) is 0 Å². The van der Waals surface area contributed by atoms with Gasteiger partial charge in [-0.15, -0.1) is 0 Å². The van der Waals surface area contributed by atoms with Gasteiger partial charge in [0.25, 0.3) is 11.8 Å². The maximum Gasteiger partial charge on any atom is 0.253 e. The fourth-order valence-corrected chi connectivity index (χ4v) is 2.01. The highest BCUT2D eigenvalue weighted by Crippen LogP contribution is 2.02. The van der Waals surface area contributed by atoms with Crippen molar-refractivity contribution < 1.29 is 28.6 Å². The topological polar surface area (TPSA) is 94.2 Å². The van der Waals surface area contributed by atoms with E-state index in [1.54, 1.807) is 0 Å². The van der Waals surface area contributed by atoms with E-state index in [4.69, 9.17) is 14.2 Å². The summed E-state index contributed by atoms with van der Waals surface area (Å²) in [6.07, 6.45) is 2.84. The van der Waals surface area contributed by atoms with Gasteiger partial charge in [0.05, 0.1) is 46.2 Å². The standard InChI is InChI=1S/C18H30N2O6/c1-14(2)15(3)19-16(21)6-8-24-10-12-26-13-11-25-9-7-20-17(22)4-5-18(20)23/h4-5,14-15H,6-13H2,1-3H3,(H,19,21)/t15-/m0/s1. The van der Waals surface area contributed by atoms with Crippen LogP contribution in [0.5, 0.6) is 0 Å². The van der Waals surface area contributed by atoms with Crippen LogP contribution in [0.3, 0.4) is 0 Å². The summed E-state index contributed by atoms with van der Waals surface area (Å²) in [5.41, 5.74) is 0. The van der Waals surface area contributed by atoms with Crippen LogP contribution in [-0.2, 0) is 28.6 Å². The zero-order valence-electron chi connectivity index (χ0n) is 15.9. The molecule has 8 heteroatoms. The van der Waals surface area contributed by atoms with Gasteiger partial charge in [-0.3, -0.25) is 19.3 Å². The maximum absolute atomic E-state index is 11.6. The first-order chi connectivity index (χ1) is 12.4. The maximum atomic E-state index is 11.6. The van der Waals surface area contributed by atoms with E-state index in [-0.39, 0.29) is 36.9 Å². The summed E-state index contributed by atoms with van der Waals surface area (Å²) in [7, 11) is 0. The molecule has 0 saturated carbocycles. The van der Waals surface area contributed by atoms with Crippen molar-refractivity contribution in [3.8, 4) is 0 Å². The molecule has 0 aliphatic carbocycles. The van der Waals surface area contributed by atoms with E-state index in [1.165, 1.54) is 12.2 Å². The Bertz CT molecular complexity index is 474. The fourth-order valence-electron chi connectivity index (χ4n) is 2.01. The van der Waals surface area contributed by atoms with E-state index in [9.17, 15) is 14.4 Å². The van der Waals surface area contributed by atoms with Crippen molar-refractivity contribution in [3.05, 3.63) is 12.2 Å². The fraction of sp³-hybridized carbons (Fsp3) is 0.722. The number of hydrogen-bond donors (Lipinski definition) is 1. The summed E-state index contributed by atoms with van der Waals surface area (Å²) in [5.74, 6) is -0.215. The van der Waals surface area contributed by atoms with Crippen LogP contribution in [0.2, 0.25) is 0 Å². The zero-order chi connectivity index (χ0) is 19.4. The number of ether oxygens (including phenoxy) is 3. The molecule has 1 aliphatic heterocycles. The average Bonchev–Trinajstić information content (AvgIpc) is 2.91. The van der Waals surface area contributed by atoms with Gasteiger partial charge in [0.15, 0.2) is 0 Å². The van der Waals surface area contributed by atoms with Crippen molar-refractivity contribution >= 4 is 17.7 Å². The Labute approximate surface area is 154 Å². The van der Waals surface area contributed by atoms with E-state index >= 15 is 0 Å². The molecule has 1 atom stereocenters. The highest BCUT2D eigenvalue weighted by atomic mass is 16.5. The predicted molar refractivity (Wildman–Crippen MR) is 95.4 cm³/mol. The first kappa shape index (κ1) is 22.3. The van der Waals surface area contributed by atoms with Crippen molar-refractivity contribution in [1.29, 1.82) is 0 Å². The van der Waals surface area contributed by atoms with Crippen molar-refractivity contribution in [2.45, 2.75) is 33.2 Å². The Kier molecular flexibility index (Phi) is 10.8.